The van der Waals surface area contributed by atoms with E-state index in [-0.39, 0.29) is 0 Å². The highest BCUT2D eigenvalue weighted by molar-refractivity contribution is 5.80. The topological polar surface area (TPSA) is 17.1 Å². The van der Waals surface area contributed by atoms with Crippen molar-refractivity contribution in [1.82, 2.24) is 0 Å². The molecule has 0 aliphatic rings. The molecule has 132 valence electrons. The van der Waals surface area contributed by atoms with Crippen LogP contribution in [-0.4, -0.2) is 42.3 Å². The predicted molar refractivity (Wildman–Crippen MR) is 46.0 cm³/mol. The molecule has 0 bridgehead atoms. The van der Waals surface area contributed by atoms with Gasteiger partial charge in [-0.05, 0) is 0 Å². The molecule has 0 heterocycles. The first-order valence-corrected chi connectivity index (χ1v) is 5.08. The second-order valence-electron chi connectivity index (χ2n) is 4.15. The van der Waals surface area contributed by atoms with Crippen molar-refractivity contribution in [2.75, 3.05) is 0 Å². The van der Waals surface area contributed by atoms with E-state index in [9.17, 15) is 57.5 Å². The molecule has 0 spiro atoms. The summed E-state index contributed by atoms with van der Waals surface area (Å²) in [4.78, 5) is 10.7. The molecule has 13 heteroatoms. The summed E-state index contributed by atoms with van der Waals surface area (Å²) in [5.74, 6) is -26.6. The van der Waals surface area contributed by atoms with E-state index in [0.29, 0.717) is 0 Å². The normalized spacial score (nSPS) is 14.8. The van der Waals surface area contributed by atoms with Crippen molar-refractivity contribution < 1.29 is 57.5 Å². The lowest BCUT2D eigenvalue weighted by Gasteiger charge is -2.27. The lowest BCUT2D eigenvalue weighted by atomic mass is 9.99. The van der Waals surface area contributed by atoms with Crippen LogP contribution in [-0.2, 0) is 4.79 Å². The quantitative estimate of drug-likeness (QED) is 0.588. The first-order chi connectivity index (χ1) is 9.49. The Morgan fingerprint density at radius 1 is 0.636 bits per heavy atom. The summed E-state index contributed by atoms with van der Waals surface area (Å²) in [6.45, 7) is 0. The molecular formula is C9H6F12O. The highest BCUT2D eigenvalue weighted by Crippen LogP contribution is 2.45. The SMILES string of the molecule is O=C(CC(F)(F)C(F)(F)C(F)F)CC(F)(F)C(F)(F)C(F)F. The highest BCUT2D eigenvalue weighted by Gasteiger charge is 2.66. The third-order valence-electron chi connectivity index (χ3n) is 2.36. The minimum absolute atomic E-state index is 2.71. The third-order valence-corrected chi connectivity index (χ3v) is 2.36. The molecule has 0 saturated heterocycles. The largest absolute Gasteiger partial charge is 0.369 e. The Balaban J connectivity index is 5.11. The maximum absolute atomic E-state index is 12.7. The lowest BCUT2D eigenvalue weighted by Crippen LogP contribution is -2.50. The molecule has 0 atom stereocenters. The second-order valence-corrected chi connectivity index (χ2v) is 4.15. The Bertz CT molecular complexity index is 365. The molecular weight excluding hydrogens is 352 g/mol. The third kappa shape index (κ3) is 3.97. The van der Waals surface area contributed by atoms with Crippen LogP contribution in [0.25, 0.3) is 0 Å². The van der Waals surface area contributed by atoms with E-state index >= 15 is 0 Å². The van der Waals surface area contributed by atoms with Gasteiger partial charge in [-0.2, -0.15) is 35.1 Å². The van der Waals surface area contributed by atoms with Gasteiger partial charge in [0.2, 0.25) is 0 Å². The van der Waals surface area contributed by atoms with E-state index in [1.54, 1.807) is 0 Å². The van der Waals surface area contributed by atoms with Crippen molar-refractivity contribution in [3.8, 4) is 0 Å². The Morgan fingerprint density at radius 2 is 0.864 bits per heavy atom. The number of ketones is 1. The Kier molecular flexibility index (Phi) is 5.82. The molecule has 0 saturated carbocycles. The summed E-state index contributed by atoms with van der Waals surface area (Å²) >= 11 is 0. The fourth-order valence-electron chi connectivity index (χ4n) is 1.11. The first kappa shape index (κ1) is 20.8. The Morgan fingerprint density at radius 3 is 1.05 bits per heavy atom. The molecule has 0 aromatic rings. The second kappa shape index (κ2) is 6.14. The Hall–Kier alpha value is -1.17. The summed E-state index contributed by atoms with van der Waals surface area (Å²) < 4.78 is 147. The monoisotopic (exact) mass is 358 g/mol. The van der Waals surface area contributed by atoms with Crippen LogP contribution in [0.1, 0.15) is 12.8 Å². The van der Waals surface area contributed by atoms with E-state index in [2.05, 4.69) is 0 Å². The van der Waals surface area contributed by atoms with Crippen LogP contribution in [0.15, 0.2) is 0 Å². The van der Waals surface area contributed by atoms with Crippen LogP contribution in [0.2, 0.25) is 0 Å². The molecule has 0 rings (SSSR count). The fourth-order valence-corrected chi connectivity index (χ4v) is 1.11. The molecule has 0 amide bonds. The molecule has 0 aromatic heterocycles. The molecule has 0 aromatic carbocycles. The number of rotatable bonds is 8. The summed E-state index contributed by atoms with van der Waals surface area (Å²) in [6.07, 6.45) is -15.8. The molecule has 0 unspecified atom stereocenters. The summed E-state index contributed by atoms with van der Waals surface area (Å²) in [6, 6.07) is 0. The van der Waals surface area contributed by atoms with Gasteiger partial charge in [-0.3, -0.25) is 4.79 Å². The number of Topliss-reactive ketones (excluding diaryl/α,β-unsaturated/α-hetero) is 1. The average Bonchev–Trinajstić information content (AvgIpc) is 2.25. The van der Waals surface area contributed by atoms with Gasteiger partial charge < -0.3 is 0 Å². The van der Waals surface area contributed by atoms with Crippen LogP contribution in [0.4, 0.5) is 52.7 Å². The zero-order chi connectivity index (χ0) is 18.1. The van der Waals surface area contributed by atoms with Gasteiger partial charge in [0.05, 0.1) is 12.8 Å². The Labute approximate surface area is 114 Å². The van der Waals surface area contributed by atoms with E-state index < -0.39 is 55.2 Å². The zero-order valence-corrected chi connectivity index (χ0v) is 10.0. The molecule has 0 fully saturated rings. The summed E-state index contributed by atoms with van der Waals surface area (Å²) in [7, 11) is 0. The average molecular weight is 358 g/mol. The van der Waals surface area contributed by atoms with Crippen molar-refractivity contribution in [3.05, 3.63) is 0 Å². The number of hydrogen-bond acceptors (Lipinski definition) is 1. The molecule has 0 N–H and O–H groups in total. The van der Waals surface area contributed by atoms with Crippen molar-refractivity contribution in [1.29, 1.82) is 0 Å². The number of hydrogen-bond donors (Lipinski definition) is 0. The van der Waals surface area contributed by atoms with Crippen molar-refractivity contribution in [2.24, 2.45) is 0 Å². The standard InChI is InChI=1S/C9H6F12O/c10-4(11)8(18,19)6(14,15)1-3(22)2-7(16,17)9(20,21)5(12)13/h4-5H,1-2H2. The molecule has 0 radical (unpaired) electrons. The van der Waals surface area contributed by atoms with Crippen molar-refractivity contribution in [2.45, 2.75) is 49.4 Å². The van der Waals surface area contributed by atoms with Crippen LogP contribution >= 0.6 is 0 Å². The van der Waals surface area contributed by atoms with E-state index in [1.165, 1.54) is 0 Å². The van der Waals surface area contributed by atoms with Crippen LogP contribution in [0.3, 0.4) is 0 Å². The van der Waals surface area contributed by atoms with Gasteiger partial charge in [0.15, 0.2) is 0 Å². The number of carbonyl (C=O) groups is 1. The predicted octanol–water partition coefficient (Wildman–Crippen LogP) is 4.41. The van der Waals surface area contributed by atoms with E-state index in [1.807, 2.05) is 0 Å². The first-order valence-electron chi connectivity index (χ1n) is 5.08. The molecule has 22 heavy (non-hydrogen) atoms. The van der Waals surface area contributed by atoms with Crippen LogP contribution < -0.4 is 0 Å². The maximum atomic E-state index is 12.7. The van der Waals surface area contributed by atoms with Gasteiger partial charge in [-0.25, -0.2) is 17.6 Å². The zero-order valence-electron chi connectivity index (χ0n) is 10.0. The van der Waals surface area contributed by atoms with Gasteiger partial charge >= 0.3 is 36.5 Å². The molecule has 0 aliphatic heterocycles. The minimum Gasteiger partial charge on any atom is -0.299 e. The van der Waals surface area contributed by atoms with Gasteiger partial charge in [-0.15, -0.1) is 0 Å². The highest BCUT2D eigenvalue weighted by atomic mass is 19.4. The number of carbonyl (C=O) groups excluding carboxylic acids is 1. The summed E-state index contributed by atoms with van der Waals surface area (Å²) in [5.41, 5.74) is 0. The maximum Gasteiger partial charge on any atom is 0.369 e. The fraction of sp³-hybridized carbons (Fsp3) is 0.889. The van der Waals surface area contributed by atoms with Crippen molar-refractivity contribution >= 4 is 5.78 Å². The van der Waals surface area contributed by atoms with Gasteiger partial charge in [0, 0.05) is 0 Å². The van der Waals surface area contributed by atoms with Gasteiger partial charge in [0.25, 0.3) is 0 Å². The van der Waals surface area contributed by atoms with E-state index in [4.69, 9.17) is 0 Å². The van der Waals surface area contributed by atoms with Gasteiger partial charge in [0.1, 0.15) is 5.78 Å². The molecule has 1 nitrogen and oxygen atoms in total. The molecule has 0 aliphatic carbocycles. The lowest BCUT2D eigenvalue weighted by molar-refractivity contribution is -0.271. The van der Waals surface area contributed by atoms with Crippen LogP contribution in [0, 0.1) is 0 Å². The number of alkyl halides is 12. The smallest absolute Gasteiger partial charge is 0.299 e. The van der Waals surface area contributed by atoms with Crippen molar-refractivity contribution in [3.63, 3.8) is 0 Å². The van der Waals surface area contributed by atoms with Gasteiger partial charge in [-0.1, -0.05) is 0 Å². The van der Waals surface area contributed by atoms with Crippen LogP contribution in [0.5, 0.6) is 0 Å². The summed E-state index contributed by atoms with van der Waals surface area (Å²) in [5, 5.41) is 0. The van der Waals surface area contributed by atoms with E-state index in [0.717, 1.165) is 0 Å². The minimum atomic E-state index is -6.09. The number of halogens is 12.